The van der Waals surface area contributed by atoms with Crippen LogP contribution in [0.25, 0.3) is 0 Å². The first-order chi connectivity index (χ1) is 9.45. The third-order valence-corrected chi connectivity index (χ3v) is 3.16. The topological polar surface area (TPSA) is 61.7 Å². The molecular formula is C16H27NO3. The van der Waals surface area contributed by atoms with E-state index in [4.69, 9.17) is 9.84 Å². The molecule has 0 fully saturated rings. The molecule has 0 heterocycles. The average molecular weight is 281 g/mol. The molecule has 0 radical (unpaired) electrons. The Labute approximate surface area is 121 Å². The van der Waals surface area contributed by atoms with Crippen LogP contribution >= 0.6 is 0 Å². The standard InChI is InChI=1S/C16H27NO3/c1-16(2,3)14-6-4-13(5-7-14)15(19)12-17-8-10-20-11-9-18/h4-7,15,17-19H,8-12H2,1-3H3. The fraction of sp³-hybridized carbons (Fsp3) is 0.625. The Kier molecular flexibility index (Phi) is 7.16. The maximum absolute atomic E-state index is 10.1. The molecule has 3 N–H and O–H groups in total. The summed E-state index contributed by atoms with van der Waals surface area (Å²) in [5.74, 6) is 0. The van der Waals surface area contributed by atoms with Crippen molar-refractivity contribution in [1.29, 1.82) is 0 Å². The van der Waals surface area contributed by atoms with E-state index >= 15 is 0 Å². The van der Waals surface area contributed by atoms with E-state index in [0.717, 1.165) is 5.56 Å². The quantitative estimate of drug-likeness (QED) is 0.634. The zero-order chi connectivity index (χ0) is 15.0. The predicted molar refractivity (Wildman–Crippen MR) is 80.9 cm³/mol. The van der Waals surface area contributed by atoms with Gasteiger partial charge in [0.2, 0.25) is 0 Å². The Bertz CT molecular complexity index is 370. The lowest BCUT2D eigenvalue weighted by Gasteiger charge is -2.20. The largest absolute Gasteiger partial charge is 0.394 e. The van der Waals surface area contributed by atoms with Crippen molar-refractivity contribution in [2.75, 3.05) is 32.9 Å². The van der Waals surface area contributed by atoms with Crippen LogP contribution in [0, 0.1) is 0 Å². The number of nitrogens with one attached hydrogen (secondary N) is 1. The van der Waals surface area contributed by atoms with Crippen LogP contribution in [-0.2, 0) is 10.2 Å². The van der Waals surface area contributed by atoms with E-state index in [2.05, 4.69) is 38.2 Å². The highest BCUT2D eigenvalue weighted by molar-refractivity contribution is 5.28. The van der Waals surface area contributed by atoms with E-state index in [1.165, 1.54) is 5.56 Å². The van der Waals surface area contributed by atoms with E-state index in [1.807, 2.05) is 12.1 Å². The Hall–Kier alpha value is -0.940. The Morgan fingerprint density at radius 3 is 2.35 bits per heavy atom. The molecular weight excluding hydrogens is 254 g/mol. The zero-order valence-electron chi connectivity index (χ0n) is 12.7. The maximum atomic E-state index is 10.1. The molecule has 0 aliphatic heterocycles. The number of ether oxygens (including phenoxy) is 1. The normalized spacial score (nSPS) is 13.4. The summed E-state index contributed by atoms with van der Waals surface area (Å²) in [6.07, 6.45) is -0.512. The van der Waals surface area contributed by atoms with Crippen LogP contribution in [0.5, 0.6) is 0 Å². The lowest BCUT2D eigenvalue weighted by molar-refractivity contribution is 0.0910. The summed E-state index contributed by atoms with van der Waals surface area (Å²) >= 11 is 0. The summed E-state index contributed by atoms with van der Waals surface area (Å²) in [7, 11) is 0. The molecule has 0 aromatic heterocycles. The van der Waals surface area contributed by atoms with Crippen LogP contribution in [0.3, 0.4) is 0 Å². The van der Waals surface area contributed by atoms with E-state index < -0.39 is 6.10 Å². The second kappa shape index (κ2) is 8.37. The van der Waals surface area contributed by atoms with Crippen LogP contribution in [0.4, 0.5) is 0 Å². The highest BCUT2D eigenvalue weighted by Crippen LogP contribution is 2.23. The Morgan fingerprint density at radius 2 is 1.80 bits per heavy atom. The molecule has 4 heteroatoms. The van der Waals surface area contributed by atoms with Crippen LogP contribution in [0.2, 0.25) is 0 Å². The molecule has 1 rings (SSSR count). The minimum absolute atomic E-state index is 0.0444. The van der Waals surface area contributed by atoms with Gasteiger partial charge < -0.3 is 20.3 Å². The van der Waals surface area contributed by atoms with E-state index in [9.17, 15) is 5.11 Å². The van der Waals surface area contributed by atoms with Crippen molar-refractivity contribution in [3.8, 4) is 0 Å². The molecule has 0 bridgehead atoms. The summed E-state index contributed by atoms with van der Waals surface area (Å²) in [6.45, 7) is 8.62. The highest BCUT2D eigenvalue weighted by Gasteiger charge is 2.14. The first-order valence-electron chi connectivity index (χ1n) is 7.13. The number of benzene rings is 1. The number of aliphatic hydroxyl groups excluding tert-OH is 2. The molecule has 0 spiro atoms. The minimum Gasteiger partial charge on any atom is -0.394 e. The molecule has 0 amide bonds. The van der Waals surface area contributed by atoms with Gasteiger partial charge in [0.25, 0.3) is 0 Å². The fourth-order valence-corrected chi connectivity index (χ4v) is 1.87. The van der Waals surface area contributed by atoms with Gasteiger partial charge in [-0.3, -0.25) is 0 Å². The van der Waals surface area contributed by atoms with Crippen molar-refractivity contribution in [1.82, 2.24) is 5.32 Å². The number of hydrogen-bond donors (Lipinski definition) is 3. The molecule has 1 unspecified atom stereocenters. The fourth-order valence-electron chi connectivity index (χ4n) is 1.87. The molecule has 4 nitrogen and oxygen atoms in total. The molecule has 20 heavy (non-hydrogen) atoms. The second-order valence-electron chi connectivity index (χ2n) is 5.93. The van der Waals surface area contributed by atoms with Crippen molar-refractivity contribution in [2.45, 2.75) is 32.3 Å². The Balaban J connectivity index is 2.34. The number of hydrogen-bond acceptors (Lipinski definition) is 4. The molecule has 1 aromatic rings. The van der Waals surface area contributed by atoms with Gasteiger partial charge in [0.05, 0.1) is 25.9 Å². The molecule has 0 saturated carbocycles. The van der Waals surface area contributed by atoms with E-state index in [0.29, 0.717) is 26.3 Å². The number of aliphatic hydroxyl groups is 2. The number of rotatable bonds is 8. The van der Waals surface area contributed by atoms with Gasteiger partial charge in [-0.1, -0.05) is 45.0 Å². The van der Waals surface area contributed by atoms with Gasteiger partial charge in [-0.25, -0.2) is 0 Å². The van der Waals surface area contributed by atoms with Crippen LogP contribution in [-0.4, -0.2) is 43.1 Å². The van der Waals surface area contributed by atoms with E-state index in [1.54, 1.807) is 0 Å². The van der Waals surface area contributed by atoms with Crippen molar-refractivity contribution >= 4 is 0 Å². The lowest BCUT2D eigenvalue weighted by atomic mass is 9.86. The summed E-state index contributed by atoms with van der Waals surface area (Å²) in [4.78, 5) is 0. The maximum Gasteiger partial charge on any atom is 0.0914 e. The van der Waals surface area contributed by atoms with Crippen LogP contribution in [0.15, 0.2) is 24.3 Å². The van der Waals surface area contributed by atoms with Crippen molar-refractivity contribution in [3.63, 3.8) is 0 Å². The monoisotopic (exact) mass is 281 g/mol. The van der Waals surface area contributed by atoms with Crippen molar-refractivity contribution in [2.24, 2.45) is 0 Å². The first kappa shape index (κ1) is 17.1. The van der Waals surface area contributed by atoms with Crippen LogP contribution in [0.1, 0.15) is 38.0 Å². The van der Waals surface area contributed by atoms with Crippen molar-refractivity contribution in [3.05, 3.63) is 35.4 Å². The average Bonchev–Trinajstić information content (AvgIpc) is 2.41. The highest BCUT2D eigenvalue weighted by atomic mass is 16.5. The zero-order valence-corrected chi connectivity index (χ0v) is 12.7. The summed E-state index contributed by atoms with van der Waals surface area (Å²) in [5.41, 5.74) is 2.31. The second-order valence-corrected chi connectivity index (χ2v) is 5.93. The van der Waals surface area contributed by atoms with Gasteiger partial charge >= 0.3 is 0 Å². The van der Waals surface area contributed by atoms with E-state index in [-0.39, 0.29) is 12.0 Å². The third kappa shape index (κ3) is 6.01. The molecule has 0 aliphatic rings. The van der Waals surface area contributed by atoms with Gasteiger partial charge in [-0.15, -0.1) is 0 Å². The molecule has 1 aromatic carbocycles. The first-order valence-corrected chi connectivity index (χ1v) is 7.13. The molecule has 1 atom stereocenters. The minimum atomic E-state index is -0.512. The third-order valence-electron chi connectivity index (χ3n) is 3.16. The smallest absolute Gasteiger partial charge is 0.0914 e. The summed E-state index contributed by atoms with van der Waals surface area (Å²) in [6, 6.07) is 8.11. The van der Waals surface area contributed by atoms with Crippen molar-refractivity contribution < 1.29 is 14.9 Å². The van der Waals surface area contributed by atoms with Gasteiger partial charge in [0, 0.05) is 13.1 Å². The van der Waals surface area contributed by atoms with Crippen LogP contribution < -0.4 is 5.32 Å². The van der Waals surface area contributed by atoms with Gasteiger partial charge in [0.1, 0.15) is 0 Å². The van der Waals surface area contributed by atoms with Gasteiger partial charge in [-0.2, -0.15) is 0 Å². The van der Waals surface area contributed by atoms with Gasteiger partial charge in [0.15, 0.2) is 0 Å². The SMILES string of the molecule is CC(C)(C)c1ccc(C(O)CNCCOCCO)cc1. The molecule has 0 saturated heterocycles. The van der Waals surface area contributed by atoms with Gasteiger partial charge in [-0.05, 0) is 16.5 Å². The molecule has 0 aliphatic carbocycles. The molecule has 114 valence electrons. The lowest BCUT2D eigenvalue weighted by Crippen LogP contribution is -2.25. The summed E-state index contributed by atoms with van der Waals surface area (Å²) in [5, 5.41) is 21.8. The summed E-state index contributed by atoms with van der Waals surface area (Å²) < 4.78 is 5.13. The predicted octanol–water partition coefficient (Wildman–Crippen LogP) is 1.62. The Morgan fingerprint density at radius 1 is 1.15 bits per heavy atom.